The van der Waals surface area contributed by atoms with Gasteiger partial charge in [0.05, 0.1) is 0 Å². The second kappa shape index (κ2) is 7.06. The number of rotatable bonds is 3. The van der Waals surface area contributed by atoms with Gasteiger partial charge in [-0.2, -0.15) is 0 Å². The molecule has 0 aliphatic heterocycles. The summed E-state index contributed by atoms with van der Waals surface area (Å²) in [5.74, 6) is 0. The van der Waals surface area contributed by atoms with Crippen LogP contribution in [0, 0.1) is 0 Å². The van der Waals surface area contributed by atoms with Crippen LogP contribution in [0.15, 0.2) is 12.7 Å². The number of hydrogen-bond acceptors (Lipinski definition) is 8. The molecule has 0 radical (unpaired) electrons. The molecule has 0 saturated heterocycles. The molecule has 0 rings (SSSR count). The lowest BCUT2D eigenvalue weighted by Gasteiger charge is -2.01. The van der Waals surface area contributed by atoms with Crippen LogP contribution in [-0.2, 0) is 23.7 Å². The maximum absolute atomic E-state index is 10.5. The molecular formula is C7H6O8. The van der Waals surface area contributed by atoms with E-state index in [2.05, 4.69) is 25.5 Å². The predicted molar refractivity (Wildman–Crippen MR) is 41.7 cm³/mol. The average Bonchev–Trinajstić information content (AvgIpc) is 2.14. The molecule has 0 unspecified atom stereocenters. The summed E-state index contributed by atoms with van der Waals surface area (Å²) in [7, 11) is 0. The fourth-order valence-corrected chi connectivity index (χ4v) is 0.377. The zero-order chi connectivity index (χ0) is 11.7. The molecule has 15 heavy (non-hydrogen) atoms. The van der Waals surface area contributed by atoms with Crippen molar-refractivity contribution in [1.82, 2.24) is 0 Å². The molecule has 0 aromatic carbocycles. The third kappa shape index (κ3) is 6.75. The van der Waals surface area contributed by atoms with E-state index >= 15 is 0 Å². The quantitative estimate of drug-likeness (QED) is 0.295. The van der Waals surface area contributed by atoms with E-state index in [-0.39, 0.29) is 13.1 Å². The lowest BCUT2D eigenvalue weighted by molar-refractivity contribution is -0.124. The molecule has 0 spiro atoms. The highest BCUT2D eigenvalue weighted by Crippen LogP contribution is 1.92. The number of ether oxygens (including phenoxy) is 4. The van der Waals surface area contributed by atoms with Gasteiger partial charge in [-0.1, -0.05) is 12.7 Å². The summed E-state index contributed by atoms with van der Waals surface area (Å²) in [5, 5.41) is 0. The van der Waals surface area contributed by atoms with Crippen molar-refractivity contribution in [3.8, 4) is 0 Å². The Hall–Kier alpha value is -2.38. The number of carbonyl (C=O) groups excluding carboxylic acids is 4. The van der Waals surface area contributed by atoms with Crippen molar-refractivity contribution in [3.05, 3.63) is 12.7 Å². The first kappa shape index (κ1) is 12.6. The van der Waals surface area contributed by atoms with Gasteiger partial charge in [0.2, 0.25) is 0 Å². The van der Waals surface area contributed by atoms with Gasteiger partial charge in [0, 0.05) is 0 Å². The zero-order valence-corrected chi connectivity index (χ0v) is 7.33. The molecule has 0 atom stereocenters. The summed E-state index contributed by atoms with van der Waals surface area (Å²) in [6, 6.07) is 0. The smallest absolute Gasteiger partial charge is 0.430 e. The third-order valence-corrected chi connectivity index (χ3v) is 0.797. The first-order chi connectivity index (χ1) is 7.10. The summed E-state index contributed by atoms with van der Waals surface area (Å²) in [5.41, 5.74) is 0. The molecular weight excluding hydrogens is 212 g/mol. The highest BCUT2D eigenvalue weighted by molar-refractivity contribution is 5.85. The predicted octanol–water partition coefficient (Wildman–Crippen LogP) is 0.755. The van der Waals surface area contributed by atoms with E-state index in [1.165, 1.54) is 6.08 Å². The molecule has 0 aromatic heterocycles. The van der Waals surface area contributed by atoms with Crippen LogP contribution in [0.1, 0.15) is 0 Å². The minimum atomic E-state index is -1.67. The third-order valence-electron chi connectivity index (χ3n) is 0.797. The van der Waals surface area contributed by atoms with Gasteiger partial charge in [-0.25, -0.2) is 14.4 Å². The Kier molecular flexibility index (Phi) is 5.94. The number of hydrogen-bond donors (Lipinski definition) is 0. The van der Waals surface area contributed by atoms with Crippen molar-refractivity contribution in [3.63, 3.8) is 0 Å². The van der Waals surface area contributed by atoms with Crippen molar-refractivity contribution in [2.45, 2.75) is 0 Å². The van der Waals surface area contributed by atoms with Crippen LogP contribution < -0.4 is 0 Å². The van der Waals surface area contributed by atoms with Crippen molar-refractivity contribution >= 4 is 24.9 Å². The highest BCUT2D eigenvalue weighted by atomic mass is 16.9. The summed E-state index contributed by atoms with van der Waals surface area (Å²) >= 11 is 0. The Balaban J connectivity index is 3.82. The summed E-state index contributed by atoms with van der Waals surface area (Å²) in [4.78, 5) is 40.9. The van der Waals surface area contributed by atoms with Crippen molar-refractivity contribution < 1.29 is 38.1 Å². The van der Waals surface area contributed by atoms with Crippen LogP contribution in [0.4, 0.5) is 14.4 Å². The van der Waals surface area contributed by atoms with E-state index in [1.54, 1.807) is 0 Å². The zero-order valence-electron chi connectivity index (χ0n) is 7.33. The molecule has 0 aromatic rings. The van der Waals surface area contributed by atoms with Crippen molar-refractivity contribution in [1.29, 1.82) is 0 Å². The van der Waals surface area contributed by atoms with Gasteiger partial charge in [-0.05, 0) is 0 Å². The van der Waals surface area contributed by atoms with Crippen LogP contribution in [0.25, 0.3) is 0 Å². The van der Waals surface area contributed by atoms with Crippen LogP contribution in [0.2, 0.25) is 0 Å². The maximum atomic E-state index is 10.5. The van der Waals surface area contributed by atoms with E-state index in [0.717, 1.165) is 0 Å². The minimum absolute atomic E-state index is 0.176. The van der Waals surface area contributed by atoms with Gasteiger partial charge in [0.1, 0.15) is 6.61 Å². The van der Waals surface area contributed by atoms with E-state index in [9.17, 15) is 19.2 Å². The average molecular weight is 218 g/mol. The van der Waals surface area contributed by atoms with Crippen molar-refractivity contribution in [2.24, 2.45) is 0 Å². The number of carbonyl (C=O) groups is 4. The fourth-order valence-electron chi connectivity index (χ4n) is 0.377. The Morgan fingerprint density at radius 3 is 2.20 bits per heavy atom. The van der Waals surface area contributed by atoms with E-state index in [1.807, 2.05) is 0 Å². The SMILES string of the molecule is C=CCOC(=O)OC(=O)OC(=O)OC=O. The minimum Gasteiger partial charge on any atom is -0.430 e. The van der Waals surface area contributed by atoms with Crippen LogP contribution >= 0.6 is 0 Å². The van der Waals surface area contributed by atoms with Crippen LogP contribution in [-0.4, -0.2) is 31.5 Å². The molecule has 0 aliphatic rings. The maximum Gasteiger partial charge on any atom is 0.528 e. The Morgan fingerprint density at radius 1 is 1.07 bits per heavy atom. The summed E-state index contributed by atoms with van der Waals surface area (Å²) in [6.07, 6.45) is -3.44. The Morgan fingerprint density at radius 2 is 1.67 bits per heavy atom. The Labute approximate surface area is 83.3 Å². The standard InChI is InChI=1S/C7H6O8/c1-2-3-12-5(9)14-7(11)15-6(10)13-4-8/h2,4H,1,3H2. The van der Waals surface area contributed by atoms with E-state index in [0.29, 0.717) is 0 Å². The summed E-state index contributed by atoms with van der Waals surface area (Å²) in [6.45, 7) is 2.79. The second-order valence-electron chi connectivity index (χ2n) is 1.77. The largest absolute Gasteiger partial charge is 0.528 e. The van der Waals surface area contributed by atoms with Gasteiger partial charge in [-0.15, -0.1) is 0 Å². The molecule has 82 valence electrons. The first-order valence-electron chi connectivity index (χ1n) is 3.41. The topological polar surface area (TPSA) is 105 Å². The van der Waals surface area contributed by atoms with Crippen molar-refractivity contribution in [2.75, 3.05) is 6.61 Å². The second-order valence-corrected chi connectivity index (χ2v) is 1.77. The van der Waals surface area contributed by atoms with Gasteiger partial charge in [0.25, 0.3) is 0 Å². The van der Waals surface area contributed by atoms with Gasteiger partial charge in [-0.3, -0.25) is 4.79 Å². The molecule has 0 bridgehead atoms. The normalized spacial score (nSPS) is 8.27. The highest BCUT2D eigenvalue weighted by Gasteiger charge is 2.17. The molecule has 0 aliphatic carbocycles. The van der Waals surface area contributed by atoms with Crippen LogP contribution in [0.3, 0.4) is 0 Å². The molecule has 8 heteroatoms. The van der Waals surface area contributed by atoms with Gasteiger partial charge < -0.3 is 18.9 Å². The fraction of sp³-hybridized carbons (Fsp3) is 0.143. The van der Waals surface area contributed by atoms with Gasteiger partial charge >= 0.3 is 24.9 Å². The molecule has 0 heterocycles. The lowest BCUT2D eigenvalue weighted by Crippen LogP contribution is -2.18. The Bertz CT molecular complexity index is 281. The molecule has 0 fully saturated rings. The van der Waals surface area contributed by atoms with Crippen LogP contribution in [0.5, 0.6) is 0 Å². The van der Waals surface area contributed by atoms with E-state index < -0.39 is 18.5 Å². The molecule has 8 nitrogen and oxygen atoms in total. The lowest BCUT2D eigenvalue weighted by atomic mass is 10.7. The van der Waals surface area contributed by atoms with E-state index in [4.69, 9.17) is 0 Å². The monoisotopic (exact) mass is 218 g/mol. The first-order valence-corrected chi connectivity index (χ1v) is 3.41. The molecule has 0 N–H and O–H groups in total. The summed E-state index contributed by atoms with van der Waals surface area (Å²) < 4.78 is 15.2. The molecule has 0 amide bonds. The molecule has 0 saturated carbocycles. The van der Waals surface area contributed by atoms with Gasteiger partial charge in [0.15, 0.2) is 0 Å².